The van der Waals surface area contributed by atoms with Crippen molar-refractivity contribution >= 4 is 17.3 Å². The zero-order valence-electron chi connectivity index (χ0n) is 16.6. The van der Waals surface area contributed by atoms with Gasteiger partial charge in [0, 0.05) is 43.8 Å². The van der Waals surface area contributed by atoms with Gasteiger partial charge >= 0.3 is 0 Å². The van der Waals surface area contributed by atoms with Crippen LogP contribution in [0.2, 0.25) is 0 Å². The molecular formula is C21H29N3O4. The molecule has 0 aliphatic carbocycles. The predicted octanol–water partition coefficient (Wildman–Crippen LogP) is 3.54. The number of nitro benzene ring substituents is 1. The molecule has 2 heterocycles. The lowest BCUT2D eigenvalue weighted by Crippen LogP contribution is -2.35. The molecule has 3 unspecified atom stereocenters. The normalized spacial score (nSPS) is 24.8. The number of nitrogens with zero attached hydrogens (tertiary/aromatic N) is 2. The molecule has 3 rings (SSSR count). The van der Waals surface area contributed by atoms with Gasteiger partial charge in [0.15, 0.2) is 0 Å². The van der Waals surface area contributed by atoms with Gasteiger partial charge in [-0.3, -0.25) is 14.9 Å². The molecule has 0 radical (unpaired) electrons. The van der Waals surface area contributed by atoms with Gasteiger partial charge in [-0.25, -0.2) is 0 Å². The van der Waals surface area contributed by atoms with Gasteiger partial charge in [0.25, 0.3) is 11.6 Å². The van der Waals surface area contributed by atoms with E-state index in [0.717, 1.165) is 37.9 Å². The smallest absolute Gasteiger partial charge is 0.293 e. The number of piperidine rings is 1. The first-order chi connectivity index (χ1) is 13.4. The number of rotatable bonds is 6. The van der Waals surface area contributed by atoms with E-state index in [0.29, 0.717) is 30.3 Å². The van der Waals surface area contributed by atoms with Crippen LogP contribution in [0.25, 0.3) is 0 Å². The number of hydrogen-bond donors (Lipinski definition) is 1. The second kappa shape index (κ2) is 8.73. The van der Waals surface area contributed by atoms with Crippen molar-refractivity contribution < 1.29 is 14.5 Å². The third-order valence-electron chi connectivity index (χ3n) is 5.66. The molecule has 7 nitrogen and oxygen atoms in total. The summed E-state index contributed by atoms with van der Waals surface area (Å²) in [5.74, 6) is 0.394. The van der Waals surface area contributed by atoms with Crippen molar-refractivity contribution in [2.45, 2.75) is 39.2 Å². The Morgan fingerprint density at radius 1 is 1.43 bits per heavy atom. The van der Waals surface area contributed by atoms with Crippen LogP contribution < -0.4 is 10.2 Å². The number of benzene rings is 1. The minimum atomic E-state index is -0.396. The highest BCUT2D eigenvalue weighted by molar-refractivity contribution is 5.95. The van der Waals surface area contributed by atoms with Gasteiger partial charge in [0.2, 0.25) is 0 Å². The van der Waals surface area contributed by atoms with E-state index in [1.807, 2.05) is 6.92 Å². The monoisotopic (exact) mass is 387 g/mol. The van der Waals surface area contributed by atoms with Crippen LogP contribution in [-0.4, -0.2) is 43.2 Å². The van der Waals surface area contributed by atoms with Crippen molar-refractivity contribution in [3.8, 4) is 0 Å². The molecule has 1 amide bonds. The Morgan fingerprint density at radius 3 is 2.89 bits per heavy atom. The SMILES string of the molecule is C=C(C)C1OCCC1CNC(=O)c1ccc(N2CCCC(C)C2)c([N+](=O)[O-])c1. The molecule has 3 atom stereocenters. The number of carbonyl (C=O) groups is 1. The average molecular weight is 387 g/mol. The minimum Gasteiger partial charge on any atom is -0.374 e. The molecule has 152 valence electrons. The molecule has 2 aliphatic rings. The molecule has 0 spiro atoms. The maximum atomic E-state index is 12.6. The van der Waals surface area contributed by atoms with Crippen LogP contribution in [0.15, 0.2) is 30.4 Å². The van der Waals surface area contributed by atoms with Crippen LogP contribution in [0.1, 0.15) is 43.5 Å². The molecular weight excluding hydrogens is 358 g/mol. The quantitative estimate of drug-likeness (QED) is 0.458. The van der Waals surface area contributed by atoms with Crippen molar-refractivity contribution in [2.75, 3.05) is 31.1 Å². The lowest BCUT2D eigenvalue weighted by molar-refractivity contribution is -0.384. The van der Waals surface area contributed by atoms with Crippen LogP contribution in [0, 0.1) is 22.0 Å². The lowest BCUT2D eigenvalue weighted by atomic mass is 9.96. The first-order valence-corrected chi connectivity index (χ1v) is 9.95. The fourth-order valence-corrected chi connectivity index (χ4v) is 4.20. The number of carbonyl (C=O) groups excluding carboxylic acids is 1. The van der Waals surface area contributed by atoms with Crippen LogP contribution in [0.3, 0.4) is 0 Å². The second-order valence-corrected chi connectivity index (χ2v) is 8.05. The van der Waals surface area contributed by atoms with E-state index in [4.69, 9.17) is 4.74 Å². The van der Waals surface area contributed by atoms with E-state index >= 15 is 0 Å². The number of amides is 1. The zero-order valence-corrected chi connectivity index (χ0v) is 16.6. The highest BCUT2D eigenvalue weighted by Crippen LogP contribution is 2.32. The summed E-state index contributed by atoms with van der Waals surface area (Å²) in [6, 6.07) is 4.78. The summed E-state index contributed by atoms with van der Waals surface area (Å²) in [4.78, 5) is 25.9. The Kier molecular flexibility index (Phi) is 6.34. The molecule has 2 aliphatic heterocycles. The molecule has 1 aromatic rings. The van der Waals surface area contributed by atoms with Gasteiger partial charge < -0.3 is 15.0 Å². The highest BCUT2D eigenvalue weighted by Gasteiger charge is 2.29. The third-order valence-corrected chi connectivity index (χ3v) is 5.66. The summed E-state index contributed by atoms with van der Waals surface area (Å²) in [6.07, 6.45) is 2.98. The Hall–Kier alpha value is -2.41. The van der Waals surface area contributed by atoms with E-state index in [2.05, 4.69) is 23.7 Å². The second-order valence-electron chi connectivity index (χ2n) is 8.05. The van der Waals surface area contributed by atoms with E-state index in [1.54, 1.807) is 12.1 Å². The van der Waals surface area contributed by atoms with Gasteiger partial charge in [-0.05, 0) is 44.2 Å². The Labute approximate surface area is 165 Å². The van der Waals surface area contributed by atoms with Gasteiger partial charge in [-0.1, -0.05) is 19.1 Å². The number of hydrogen-bond acceptors (Lipinski definition) is 5. The van der Waals surface area contributed by atoms with Crippen LogP contribution in [-0.2, 0) is 4.74 Å². The fraction of sp³-hybridized carbons (Fsp3) is 0.571. The van der Waals surface area contributed by atoms with Gasteiger partial charge in [-0.15, -0.1) is 0 Å². The topological polar surface area (TPSA) is 84.7 Å². The maximum absolute atomic E-state index is 12.6. The standard InChI is InChI=1S/C21H29N3O4/c1-14(2)20-17(8-10-28-20)12-22-21(25)16-6-7-18(19(11-16)24(26)27)23-9-4-5-15(3)13-23/h6-7,11,15,17,20H,1,4-5,8-10,12-13H2,2-3H3,(H,22,25). The van der Waals surface area contributed by atoms with Gasteiger partial charge in [0.1, 0.15) is 5.69 Å². The number of ether oxygens (including phenoxy) is 1. The van der Waals surface area contributed by atoms with Gasteiger partial charge in [0.05, 0.1) is 11.0 Å². The van der Waals surface area contributed by atoms with Crippen molar-refractivity contribution in [3.05, 3.63) is 46.0 Å². The first kappa shape index (κ1) is 20.3. The molecule has 1 N–H and O–H groups in total. The van der Waals surface area contributed by atoms with E-state index in [1.165, 1.54) is 6.07 Å². The molecule has 28 heavy (non-hydrogen) atoms. The molecule has 0 aromatic heterocycles. The van der Waals surface area contributed by atoms with Crippen molar-refractivity contribution in [1.29, 1.82) is 0 Å². The summed E-state index contributed by atoms with van der Waals surface area (Å²) in [5, 5.41) is 14.5. The largest absolute Gasteiger partial charge is 0.374 e. The molecule has 1 aromatic carbocycles. The molecule has 7 heteroatoms. The highest BCUT2D eigenvalue weighted by atomic mass is 16.6. The summed E-state index contributed by atoms with van der Waals surface area (Å²) < 4.78 is 5.66. The maximum Gasteiger partial charge on any atom is 0.293 e. The molecule has 2 fully saturated rings. The predicted molar refractivity (Wildman–Crippen MR) is 109 cm³/mol. The first-order valence-electron chi connectivity index (χ1n) is 9.95. The van der Waals surface area contributed by atoms with Crippen LogP contribution in [0.4, 0.5) is 11.4 Å². The fourth-order valence-electron chi connectivity index (χ4n) is 4.20. The van der Waals surface area contributed by atoms with Crippen molar-refractivity contribution in [1.82, 2.24) is 5.32 Å². The van der Waals surface area contributed by atoms with E-state index in [-0.39, 0.29) is 23.6 Å². The average Bonchev–Trinajstić information content (AvgIpc) is 3.14. The number of nitrogens with one attached hydrogen (secondary N) is 1. The Bertz CT molecular complexity index is 764. The summed E-state index contributed by atoms with van der Waals surface area (Å²) in [5.41, 5.74) is 1.85. The summed E-state index contributed by atoms with van der Waals surface area (Å²) in [6.45, 7) is 10.8. The van der Waals surface area contributed by atoms with Crippen molar-refractivity contribution in [3.63, 3.8) is 0 Å². The molecule has 2 saturated heterocycles. The number of nitro groups is 1. The van der Waals surface area contributed by atoms with Crippen LogP contribution >= 0.6 is 0 Å². The Balaban J connectivity index is 1.71. The lowest BCUT2D eigenvalue weighted by Gasteiger charge is -2.32. The zero-order chi connectivity index (χ0) is 20.3. The van der Waals surface area contributed by atoms with E-state index < -0.39 is 4.92 Å². The third kappa shape index (κ3) is 4.52. The Morgan fingerprint density at radius 2 is 2.21 bits per heavy atom. The number of anilines is 1. The van der Waals surface area contributed by atoms with Crippen molar-refractivity contribution in [2.24, 2.45) is 11.8 Å². The minimum absolute atomic E-state index is 0.00855. The van der Waals surface area contributed by atoms with E-state index in [9.17, 15) is 14.9 Å². The summed E-state index contributed by atoms with van der Waals surface area (Å²) >= 11 is 0. The molecule has 0 bridgehead atoms. The molecule has 0 saturated carbocycles. The summed E-state index contributed by atoms with van der Waals surface area (Å²) in [7, 11) is 0. The van der Waals surface area contributed by atoms with Crippen LogP contribution in [0.5, 0.6) is 0 Å². The van der Waals surface area contributed by atoms with Gasteiger partial charge in [-0.2, -0.15) is 0 Å².